The van der Waals surface area contributed by atoms with E-state index in [0.717, 1.165) is 32.7 Å². The minimum atomic E-state index is -2.01. The molecule has 0 unspecified atom stereocenters. The molecule has 6 aromatic carbocycles. The molecule has 10 heteroatoms. The summed E-state index contributed by atoms with van der Waals surface area (Å²) in [5.74, 6) is 3.86. The summed E-state index contributed by atoms with van der Waals surface area (Å²) in [4.78, 5) is 0. The zero-order chi connectivity index (χ0) is 37.8. The lowest BCUT2D eigenvalue weighted by atomic mass is 9.81. The molecule has 0 amide bonds. The first kappa shape index (κ1) is 35.7. The Morgan fingerprint density at radius 1 is 0.519 bits per heavy atom. The number of ether oxygens (including phenoxy) is 2. The Morgan fingerprint density at radius 3 is 1.44 bits per heavy atom. The zero-order valence-electron chi connectivity index (χ0n) is 31.6. The van der Waals surface area contributed by atoms with E-state index >= 15 is 0 Å². The molecule has 1 aliphatic rings. The van der Waals surface area contributed by atoms with E-state index in [1.807, 2.05) is 109 Å². The summed E-state index contributed by atoms with van der Waals surface area (Å²) in [6.45, 7) is 12.8. The number of benzene rings is 6. The third kappa shape index (κ3) is 6.70. The van der Waals surface area contributed by atoms with Gasteiger partial charge in [0.1, 0.15) is 45.7 Å². The van der Waals surface area contributed by atoms with Gasteiger partial charge in [-0.05, 0) is 64.7 Å². The third-order valence-corrected chi connectivity index (χ3v) is 11.5. The highest BCUT2D eigenvalue weighted by atomic mass is 31.2. The number of rotatable bonds is 7. The predicted octanol–water partition coefficient (Wildman–Crippen LogP) is 13.6. The highest BCUT2D eigenvalue weighted by molar-refractivity contribution is 7.43. The number of hydrogen-bond donors (Lipinski definition) is 0. The number of fused-ring (bicyclic) bond motifs is 3. The molecule has 1 aromatic heterocycles. The SMILES string of the molecule is COc1cc(-c2cc(OC)cc(C(C)(C)C)c2Op2oc3ccccc3c3ccccc3o2)c(OP2Oc3cccc4cccc(c34)O2)c(C(C)(C)C)c1. The van der Waals surface area contributed by atoms with Crippen LogP contribution < -0.4 is 27.6 Å². The van der Waals surface area contributed by atoms with Crippen LogP contribution in [-0.4, -0.2) is 14.2 Å². The van der Waals surface area contributed by atoms with Crippen molar-refractivity contribution >= 4 is 49.6 Å². The molecule has 2 heterocycles. The van der Waals surface area contributed by atoms with E-state index < -0.39 is 22.3 Å². The van der Waals surface area contributed by atoms with E-state index in [9.17, 15) is 0 Å². The summed E-state index contributed by atoms with van der Waals surface area (Å²) < 4.78 is 52.0. The van der Waals surface area contributed by atoms with Gasteiger partial charge in [0, 0.05) is 33.0 Å². The van der Waals surface area contributed by atoms with Crippen molar-refractivity contribution < 1.29 is 36.0 Å². The second kappa shape index (κ2) is 13.8. The summed E-state index contributed by atoms with van der Waals surface area (Å²) in [7, 11) is -0.612. The maximum atomic E-state index is 7.03. The van der Waals surface area contributed by atoms with Gasteiger partial charge in [0.15, 0.2) is 0 Å². The summed E-state index contributed by atoms with van der Waals surface area (Å²) in [6, 6.07) is 35.7. The maximum absolute atomic E-state index is 7.03. The molecule has 0 saturated heterocycles. The lowest BCUT2D eigenvalue weighted by molar-refractivity contribution is 0.374. The second-order valence-corrected chi connectivity index (χ2v) is 17.2. The van der Waals surface area contributed by atoms with Gasteiger partial charge in [0.2, 0.25) is 0 Å². The van der Waals surface area contributed by atoms with E-state index in [4.69, 9.17) is 36.0 Å². The van der Waals surface area contributed by atoms with Crippen LogP contribution >= 0.6 is 16.8 Å². The van der Waals surface area contributed by atoms with Gasteiger partial charge < -0.3 is 36.0 Å². The Morgan fingerprint density at radius 2 is 0.981 bits per heavy atom. The first-order valence-electron chi connectivity index (χ1n) is 17.7. The average molecular weight is 761 g/mol. The van der Waals surface area contributed by atoms with Gasteiger partial charge >= 0.3 is 16.8 Å². The summed E-state index contributed by atoms with van der Waals surface area (Å²) >= 11 is 0. The highest BCUT2D eigenvalue weighted by Crippen LogP contribution is 2.57. The van der Waals surface area contributed by atoms with Gasteiger partial charge in [0.25, 0.3) is 0 Å². The smallest absolute Gasteiger partial charge is 0.497 e. The number of hydrogen-bond acceptors (Lipinski definition) is 8. The minimum absolute atomic E-state index is 0.389. The van der Waals surface area contributed by atoms with Crippen molar-refractivity contribution in [3.05, 3.63) is 120 Å². The van der Waals surface area contributed by atoms with Crippen molar-refractivity contribution in [2.75, 3.05) is 14.2 Å². The fraction of sp³-hybridized carbons (Fsp3) is 0.227. The van der Waals surface area contributed by atoms with Crippen molar-refractivity contribution in [3.63, 3.8) is 0 Å². The van der Waals surface area contributed by atoms with Crippen LogP contribution in [0.4, 0.5) is 0 Å². The van der Waals surface area contributed by atoms with Crippen LogP contribution in [0.25, 0.3) is 43.8 Å². The van der Waals surface area contributed by atoms with Crippen LogP contribution in [0.15, 0.2) is 118 Å². The Balaban J connectivity index is 1.37. The molecule has 0 aliphatic carbocycles. The number of methoxy groups -OCH3 is 2. The molecule has 0 atom stereocenters. The monoisotopic (exact) mass is 760 g/mol. The van der Waals surface area contributed by atoms with E-state index in [1.165, 1.54) is 0 Å². The molecule has 276 valence electrons. The molecule has 0 N–H and O–H groups in total. The Kier molecular flexibility index (Phi) is 9.16. The molecule has 0 radical (unpaired) electrons. The van der Waals surface area contributed by atoms with Gasteiger partial charge in [-0.25, -0.2) is 0 Å². The second-order valence-electron chi connectivity index (χ2n) is 15.2. The van der Waals surface area contributed by atoms with Crippen molar-refractivity contribution in [1.82, 2.24) is 0 Å². The molecule has 8 nitrogen and oxygen atoms in total. The van der Waals surface area contributed by atoms with Gasteiger partial charge in [-0.1, -0.05) is 102 Å². The lowest BCUT2D eigenvalue weighted by Crippen LogP contribution is -2.16. The van der Waals surface area contributed by atoms with E-state index in [1.54, 1.807) is 14.2 Å². The average Bonchev–Trinajstić information content (AvgIpc) is 3.30. The standard InChI is InChI=1S/C44H42O8P2/c1-43(2,3)34-25-28(45-7)23-32(41(34)51-53-47-36-19-11-9-17-30(36)31-18-10-12-20-37(31)48-53)33-24-29(46-8)26-35(44(4,5)6)42(33)52-54-49-38-21-13-15-27-16-14-22-39(50-54)40(27)38/h9-26H,1-8H3. The Bertz CT molecular complexity index is 2480. The fourth-order valence-electron chi connectivity index (χ4n) is 6.70. The van der Waals surface area contributed by atoms with E-state index in [0.29, 0.717) is 56.8 Å². The maximum Gasteiger partial charge on any atom is 0.530 e. The third-order valence-electron chi connectivity index (χ3n) is 9.42. The van der Waals surface area contributed by atoms with Crippen molar-refractivity contribution in [3.8, 4) is 45.6 Å². The summed E-state index contributed by atoms with van der Waals surface area (Å²) in [5, 5.41) is 3.81. The minimum Gasteiger partial charge on any atom is -0.497 e. The summed E-state index contributed by atoms with van der Waals surface area (Å²) in [5.41, 5.74) is 3.75. The molecule has 54 heavy (non-hydrogen) atoms. The summed E-state index contributed by atoms with van der Waals surface area (Å²) in [6.07, 6.45) is 0. The molecule has 0 spiro atoms. The molecule has 0 bridgehead atoms. The largest absolute Gasteiger partial charge is 0.530 e. The Labute approximate surface area is 317 Å². The molecular weight excluding hydrogens is 718 g/mol. The fourth-order valence-corrected chi connectivity index (χ4v) is 8.88. The quantitative estimate of drug-likeness (QED) is 0.149. The molecular formula is C44H42O8P2. The van der Waals surface area contributed by atoms with E-state index in [-0.39, 0.29) is 5.41 Å². The first-order chi connectivity index (χ1) is 25.9. The van der Waals surface area contributed by atoms with Crippen LogP contribution in [0.5, 0.6) is 34.5 Å². The van der Waals surface area contributed by atoms with Crippen molar-refractivity contribution in [2.24, 2.45) is 0 Å². The predicted molar refractivity (Wildman–Crippen MR) is 217 cm³/mol. The number of para-hydroxylation sites is 2. The molecule has 7 aromatic rings. The Hall–Kier alpha value is -5.29. The molecule has 1 aliphatic heterocycles. The first-order valence-corrected chi connectivity index (χ1v) is 19.9. The topological polar surface area (TPSA) is 81.7 Å². The van der Waals surface area contributed by atoms with Crippen LogP contribution in [-0.2, 0) is 10.8 Å². The van der Waals surface area contributed by atoms with Crippen molar-refractivity contribution in [1.29, 1.82) is 0 Å². The van der Waals surface area contributed by atoms with Crippen molar-refractivity contribution in [2.45, 2.75) is 52.4 Å². The normalized spacial score (nSPS) is 13.0. The van der Waals surface area contributed by atoms with E-state index in [2.05, 4.69) is 41.5 Å². The highest BCUT2D eigenvalue weighted by Gasteiger charge is 2.35. The molecule has 0 saturated carbocycles. The molecule has 8 rings (SSSR count). The van der Waals surface area contributed by atoms with Gasteiger partial charge in [0.05, 0.1) is 19.6 Å². The lowest BCUT2D eigenvalue weighted by Gasteiger charge is -2.30. The van der Waals surface area contributed by atoms with Gasteiger partial charge in [-0.15, -0.1) is 0 Å². The van der Waals surface area contributed by atoms with Crippen LogP contribution in [0, 0.1) is 0 Å². The van der Waals surface area contributed by atoms with Crippen LogP contribution in [0.2, 0.25) is 0 Å². The zero-order valence-corrected chi connectivity index (χ0v) is 33.3. The molecule has 0 fully saturated rings. The van der Waals surface area contributed by atoms with Crippen LogP contribution in [0.1, 0.15) is 52.7 Å². The van der Waals surface area contributed by atoms with Crippen LogP contribution in [0.3, 0.4) is 0 Å². The van der Waals surface area contributed by atoms with Gasteiger partial charge in [-0.3, -0.25) is 0 Å². The van der Waals surface area contributed by atoms with Gasteiger partial charge in [-0.2, -0.15) is 0 Å².